The lowest BCUT2D eigenvalue weighted by Crippen LogP contribution is -2.13. The van der Waals surface area contributed by atoms with Crippen LogP contribution in [0.4, 0.5) is 18.9 Å². The van der Waals surface area contributed by atoms with Crippen LogP contribution in [0.1, 0.15) is 22.1 Å². The van der Waals surface area contributed by atoms with Gasteiger partial charge in [0.2, 0.25) is 5.89 Å². The Balaban J connectivity index is 2.18. The highest BCUT2D eigenvalue weighted by Crippen LogP contribution is 2.30. The summed E-state index contributed by atoms with van der Waals surface area (Å²) in [5.74, 6) is -0.885. The summed E-state index contributed by atoms with van der Waals surface area (Å²) in [5, 5.41) is 9.16. The van der Waals surface area contributed by atoms with Gasteiger partial charge in [-0.2, -0.15) is 13.2 Å². The van der Waals surface area contributed by atoms with Crippen molar-refractivity contribution in [3.05, 3.63) is 41.6 Å². The van der Waals surface area contributed by atoms with Gasteiger partial charge in [0, 0.05) is 12.6 Å². The van der Waals surface area contributed by atoms with Gasteiger partial charge in [-0.15, -0.1) is 10.2 Å². The van der Waals surface area contributed by atoms with Gasteiger partial charge in [-0.05, 0) is 18.2 Å². The molecule has 1 amide bonds. The van der Waals surface area contributed by atoms with Gasteiger partial charge in [-0.3, -0.25) is 4.79 Å². The summed E-state index contributed by atoms with van der Waals surface area (Å²) in [6, 6.07) is 4.25. The maximum atomic E-state index is 12.5. The van der Waals surface area contributed by atoms with E-state index in [4.69, 9.17) is 4.42 Å². The molecule has 1 aromatic carbocycles. The van der Waals surface area contributed by atoms with Crippen molar-refractivity contribution in [2.75, 3.05) is 5.32 Å². The molecule has 0 aliphatic rings. The van der Waals surface area contributed by atoms with Crippen molar-refractivity contribution < 1.29 is 22.4 Å². The van der Waals surface area contributed by atoms with E-state index in [1.54, 1.807) is 0 Å². The molecule has 8 heteroatoms. The average molecular weight is 271 g/mol. The first-order chi connectivity index (χ1) is 8.86. The quantitative estimate of drug-likeness (QED) is 0.911. The predicted molar refractivity (Wildman–Crippen MR) is 58.4 cm³/mol. The summed E-state index contributed by atoms with van der Waals surface area (Å²) >= 11 is 0. The Morgan fingerprint density at radius 1 is 1.32 bits per heavy atom. The van der Waals surface area contributed by atoms with Crippen LogP contribution in [-0.4, -0.2) is 16.1 Å². The third kappa shape index (κ3) is 3.09. The van der Waals surface area contributed by atoms with Crippen LogP contribution in [0, 0.1) is 6.92 Å². The number of aryl methyl sites for hydroxylation is 1. The van der Waals surface area contributed by atoms with E-state index in [0.717, 1.165) is 12.1 Å². The Morgan fingerprint density at radius 3 is 2.63 bits per heavy atom. The lowest BCUT2D eigenvalue weighted by molar-refractivity contribution is -0.137. The predicted octanol–water partition coefficient (Wildman–Crippen LogP) is 2.65. The largest absolute Gasteiger partial charge is 0.417 e. The number of nitrogens with one attached hydrogen (secondary N) is 1. The van der Waals surface area contributed by atoms with E-state index in [-0.39, 0.29) is 17.5 Å². The second-order valence-electron chi connectivity index (χ2n) is 3.66. The van der Waals surface area contributed by atoms with Crippen LogP contribution in [-0.2, 0) is 6.18 Å². The molecule has 19 heavy (non-hydrogen) atoms. The summed E-state index contributed by atoms with van der Waals surface area (Å²) in [7, 11) is 0. The summed E-state index contributed by atoms with van der Waals surface area (Å²) in [4.78, 5) is 11.6. The van der Waals surface area contributed by atoms with Crippen LogP contribution in [0.15, 0.2) is 28.7 Å². The summed E-state index contributed by atoms with van der Waals surface area (Å²) in [6.07, 6.45) is -4.47. The molecule has 1 N–H and O–H groups in total. The summed E-state index contributed by atoms with van der Waals surface area (Å²) in [6.45, 7) is 1.49. The van der Waals surface area contributed by atoms with Crippen LogP contribution < -0.4 is 5.32 Å². The van der Waals surface area contributed by atoms with Gasteiger partial charge in [0.25, 0.3) is 0 Å². The number of benzene rings is 1. The highest BCUT2D eigenvalue weighted by atomic mass is 19.4. The van der Waals surface area contributed by atoms with E-state index >= 15 is 0 Å². The van der Waals surface area contributed by atoms with Crippen molar-refractivity contribution in [3.8, 4) is 0 Å². The lowest BCUT2D eigenvalue weighted by atomic mass is 10.2. The van der Waals surface area contributed by atoms with Gasteiger partial charge >= 0.3 is 18.0 Å². The van der Waals surface area contributed by atoms with Crippen molar-refractivity contribution in [2.24, 2.45) is 0 Å². The fourth-order valence-corrected chi connectivity index (χ4v) is 1.35. The van der Waals surface area contributed by atoms with Gasteiger partial charge in [0.05, 0.1) is 5.56 Å². The zero-order chi connectivity index (χ0) is 14.0. The summed E-state index contributed by atoms with van der Waals surface area (Å²) < 4.78 is 42.3. The molecule has 0 aliphatic carbocycles. The standard InChI is InChI=1S/C11H8F3N3O2/c1-6-16-17-10(19-6)9(18)15-8-4-2-3-7(5-8)11(12,13)14/h2-5H,1H3,(H,15,18). The molecule has 2 rings (SSSR count). The number of carbonyl (C=O) groups is 1. The Hall–Kier alpha value is -2.38. The molecule has 0 saturated heterocycles. The minimum atomic E-state index is -4.47. The Kier molecular flexibility index (Phi) is 3.24. The molecule has 0 spiro atoms. The third-order valence-electron chi connectivity index (χ3n) is 2.17. The van der Waals surface area contributed by atoms with E-state index in [9.17, 15) is 18.0 Å². The van der Waals surface area contributed by atoms with Gasteiger partial charge in [0.1, 0.15) is 0 Å². The topological polar surface area (TPSA) is 68.0 Å². The zero-order valence-corrected chi connectivity index (χ0v) is 9.65. The van der Waals surface area contributed by atoms with Crippen molar-refractivity contribution in [1.29, 1.82) is 0 Å². The first-order valence-electron chi connectivity index (χ1n) is 5.15. The molecule has 0 atom stereocenters. The zero-order valence-electron chi connectivity index (χ0n) is 9.65. The molecular formula is C11H8F3N3O2. The molecule has 0 fully saturated rings. The number of aromatic nitrogens is 2. The van der Waals surface area contributed by atoms with Gasteiger partial charge < -0.3 is 9.73 Å². The minimum Gasteiger partial charge on any atom is -0.417 e. The van der Waals surface area contributed by atoms with Gasteiger partial charge in [-0.25, -0.2) is 0 Å². The van der Waals surface area contributed by atoms with Gasteiger partial charge in [-0.1, -0.05) is 6.07 Å². The molecular weight excluding hydrogens is 263 g/mol. The van der Waals surface area contributed by atoms with Crippen LogP contribution >= 0.6 is 0 Å². The fraction of sp³-hybridized carbons (Fsp3) is 0.182. The van der Waals surface area contributed by atoms with E-state index in [2.05, 4.69) is 15.5 Å². The van der Waals surface area contributed by atoms with Crippen molar-refractivity contribution >= 4 is 11.6 Å². The normalized spacial score (nSPS) is 11.4. The molecule has 0 aliphatic heterocycles. The van der Waals surface area contributed by atoms with Crippen molar-refractivity contribution in [1.82, 2.24) is 10.2 Å². The maximum absolute atomic E-state index is 12.5. The van der Waals surface area contributed by atoms with Crippen LogP contribution in [0.3, 0.4) is 0 Å². The molecule has 5 nitrogen and oxygen atoms in total. The van der Waals surface area contributed by atoms with E-state index < -0.39 is 17.6 Å². The molecule has 2 aromatic rings. The monoisotopic (exact) mass is 271 g/mol. The number of amides is 1. The third-order valence-corrected chi connectivity index (χ3v) is 2.17. The molecule has 100 valence electrons. The van der Waals surface area contributed by atoms with Crippen molar-refractivity contribution in [2.45, 2.75) is 13.1 Å². The van der Waals surface area contributed by atoms with Crippen LogP contribution in [0.25, 0.3) is 0 Å². The minimum absolute atomic E-state index is 0.00400. The number of hydrogen-bond acceptors (Lipinski definition) is 4. The number of nitrogens with zero attached hydrogens (tertiary/aromatic N) is 2. The molecule has 0 saturated carbocycles. The van der Waals surface area contributed by atoms with E-state index in [0.29, 0.717) is 0 Å². The SMILES string of the molecule is Cc1nnc(C(=O)Nc2cccc(C(F)(F)F)c2)o1. The number of halogens is 3. The maximum Gasteiger partial charge on any atom is 0.416 e. The van der Waals surface area contributed by atoms with Crippen LogP contribution in [0.2, 0.25) is 0 Å². The molecule has 1 aromatic heterocycles. The molecule has 0 unspecified atom stereocenters. The first-order valence-corrected chi connectivity index (χ1v) is 5.15. The highest BCUT2D eigenvalue weighted by molar-refractivity contribution is 6.00. The number of anilines is 1. The second-order valence-corrected chi connectivity index (χ2v) is 3.66. The van der Waals surface area contributed by atoms with E-state index in [1.165, 1.54) is 19.1 Å². The molecule has 0 bridgehead atoms. The number of rotatable bonds is 2. The number of hydrogen-bond donors (Lipinski definition) is 1. The van der Waals surface area contributed by atoms with E-state index in [1.807, 2.05) is 0 Å². The average Bonchev–Trinajstić information content (AvgIpc) is 2.75. The fourth-order valence-electron chi connectivity index (χ4n) is 1.35. The molecule has 1 heterocycles. The molecule has 0 radical (unpaired) electrons. The number of carbonyl (C=O) groups excluding carboxylic acids is 1. The Labute approximate surface area is 105 Å². The number of alkyl halides is 3. The Bertz CT molecular complexity index is 607. The van der Waals surface area contributed by atoms with Gasteiger partial charge in [0.15, 0.2) is 0 Å². The van der Waals surface area contributed by atoms with Crippen LogP contribution in [0.5, 0.6) is 0 Å². The first kappa shape index (κ1) is 13.1. The smallest absolute Gasteiger partial charge is 0.416 e. The second kappa shape index (κ2) is 4.71. The Morgan fingerprint density at radius 2 is 2.05 bits per heavy atom. The lowest BCUT2D eigenvalue weighted by Gasteiger charge is -2.08. The summed E-state index contributed by atoms with van der Waals surface area (Å²) in [5.41, 5.74) is -0.859. The highest BCUT2D eigenvalue weighted by Gasteiger charge is 2.30. The van der Waals surface area contributed by atoms with Crippen molar-refractivity contribution in [3.63, 3.8) is 0 Å².